The summed E-state index contributed by atoms with van der Waals surface area (Å²) in [4.78, 5) is 14.0. The normalized spacial score (nSPS) is 28.9. The summed E-state index contributed by atoms with van der Waals surface area (Å²) in [6, 6.07) is 9.81. The SMILES string of the molecule is O=C(OCc1ccccc1)N1CC2CC1(CBr)C2. The van der Waals surface area contributed by atoms with Crippen molar-refractivity contribution in [1.29, 1.82) is 0 Å². The Kier molecular flexibility index (Phi) is 3.06. The Labute approximate surface area is 115 Å². The van der Waals surface area contributed by atoms with Gasteiger partial charge < -0.3 is 9.64 Å². The van der Waals surface area contributed by atoms with Gasteiger partial charge in [-0.25, -0.2) is 4.79 Å². The van der Waals surface area contributed by atoms with E-state index in [9.17, 15) is 4.79 Å². The van der Waals surface area contributed by atoms with Crippen molar-refractivity contribution in [3.05, 3.63) is 35.9 Å². The Morgan fingerprint density at radius 2 is 2.11 bits per heavy atom. The van der Waals surface area contributed by atoms with Crippen LogP contribution in [0.4, 0.5) is 4.79 Å². The van der Waals surface area contributed by atoms with E-state index in [1.807, 2.05) is 35.2 Å². The fraction of sp³-hybridized carbons (Fsp3) is 0.500. The van der Waals surface area contributed by atoms with Crippen LogP contribution in [0, 0.1) is 5.92 Å². The number of halogens is 1. The molecule has 1 saturated carbocycles. The van der Waals surface area contributed by atoms with Crippen molar-refractivity contribution >= 4 is 22.0 Å². The molecule has 1 aromatic rings. The maximum Gasteiger partial charge on any atom is 0.410 e. The second-order valence-corrected chi connectivity index (χ2v) is 5.84. The van der Waals surface area contributed by atoms with Gasteiger partial charge in [-0.05, 0) is 24.3 Å². The zero-order valence-corrected chi connectivity index (χ0v) is 11.7. The van der Waals surface area contributed by atoms with Gasteiger partial charge in [0, 0.05) is 11.9 Å². The molecule has 0 spiro atoms. The molecule has 2 aliphatic heterocycles. The number of hydrogen-bond acceptors (Lipinski definition) is 2. The van der Waals surface area contributed by atoms with Crippen LogP contribution < -0.4 is 0 Å². The maximum absolute atomic E-state index is 12.1. The Hall–Kier alpha value is -1.03. The fourth-order valence-electron chi connectivity index (χ4n) is 3.06. The number of hydrogen-bond donors (Lipinski definition) is 0. The zero-order valence-electron chi connectivity index (χ0n) is 10.1. The van der Waals surface area contributed by atoms with Crippen LogP contribution in [0.25, 0.3) is 0 Å². The first-order valence-corrected chi connectivity index (χ1v) is 7.40. The van der Waals surface area contributed by atoms with Gasteiger partial charge in [0.05, 0.1) is 5.54 Å². The Morgan fingerprint density at radius 3 is 2.78 bits per heavy atom. The Bertz CT molecular complexity index is 442. The van der Waals surface area contributed by atoms with Crippen LogP contribution in [-0.4, -0.2) is 28.4 Å². The van der Waals surface area contributed by atoms with Crippen molar-refractivity contribution < 1.29 is 9.53 Å². The molecule has 1 aromatic carbocycles. The van der Waals surface area contributed by atoms with Crippen molar-refractivity contribution in [3.8, 4) is 0 Å². The first-order chi connectivity index (χ1) is 8.73. The number of rotatable bonds is 3. The predicted molar refractivity (Wildman–Crippen MR) is 72.6 cm³/mol. The van der Waals surface area contributed by atoms with Crippen LogP contribution in [0.5, 0.6) is 0 Å². The summed E-state index contributed by atoms with van der Waals surface area (Å²) in [5.74, 6) is 0.687. The number of carbonyl (C=O) groups excluding carboxylic acids is 1. The molecule has 0 radical (unpaired) electrons. The van der Waals surface area contributed by atoms with Gasteiger partial charge in [0.25, 0.3) is 0 Å². The molecule has 1 amide bonds. The number of amides is 1. The summed E-state index contributed by atoms with van der Waals surface area (Å²) in [6.45, 7) is 1.22. The van der Waals surface area contributed by atoms with Gasteiger partial charge >= 0.3 is 6.09 Å². The van der Waals surface area contributed by atoms with Crippen molar-refractivity contribution in [3.63, 3.8) is 0 Å². The summed E-state index contributed by atoms with van der Waals surface area (Å²) in [7, 11) is 0. The van der Waals surface area contributed by atoms with E-state index >= 15 is 0 Å². The minimum absolute atomic E-state index is 0.0401. The average molecular weight is 310 g/mol. The molecule has 2 heterocycles. The van der Waals surface area contributed by atoms with E-state index in [0.717, 1.165) is 30.3 Å². The van der Waals surface area contributed by atoms with Gasteiger partial charge in [-0.1, -0.05) is 46.3 Å². The lowest BCUT2D eigenvalue weighted by Gasteiger charge is -2.40. The summed E-state index contributed by atoms with van der Waals surface area (Å²) < 4.78 is 5.40. The molecule has 0 atom stereocenters. The van der Waals surface area contributed by atoms with Gasteiger partial charge in [0.15, 0.2) is 0 Å². The van der Waals surface area contributed by atoms with Gasteiger partial charge in [-0.3, -0.25) is 0 Å². The minimum Gasteiger partial charge on any atom is -0.445 e. The highest BCUT2D eigenvalue weighted by Crippen LogP contribution is 2.51. The van der Waals surface area contributed by atoms with E-state index in [-0.39, 0.29) is 11.6 Å². The van der Waals surface area contributed by atoms with E-state index in [0.29, 0.717) is 12.5 Å². The van der Waals surface area contributed by atoms with Gasteiger partial charge in [0.2, 0.25) is 0 Å². The van der Waals surface area contributed by atoms with Crippen LogP contribution >= 0.6 is 15.9 Å². The van der Waals surface area contributed by atoms with Crippen molar-refractivity contribution in [1.82, 2.24) is 4.90 Å². The van der Waals surface area contributed by atoms with E-state index < -0.39 is 0 Å². The van der Waals surface area contributed by atoms with Crippen LogP contribution in [0.2, 0.25) is 0 Å². The average Bonchev–Trinajstić information content (AvgIpc) is 2.92. The van der Waals surface area contributed by atoms with Gasteiger partial charge in [-0.2, -0.15) is 0 Å². The zero-order chi connectivity index (χ0) is 12.6. The molecule has 3 aliphatic rings. The van der Waals surface area contributed by atoms with Crippen molar-refractivity contribution in [2.45, 2.75) is 25.0 Å². The molecule has 96 valence electrons. The number of fused-ring (bicyclic) bond motifs is 1. The molecule has 18 heavy (non-hydrogen) atoms. The first-order valence-electron chi connectivity index (χ1n) is 6.28. The molecule has 2 bridgehead atoms. The number of ether oxygens (including phenoxy) is 1. The minimum atomic E-state index is -0.168. The number of nitrogens with zero attached hydrogens (tertiary/aromatic N) is 1. The maximum atomic E-state index is 12.1. The molecular weight excluding hydrogens is 294 g/mol. The molecule has 0 N–H and O–H groups in total. The van der Waals surface area contributed by atoms with E-state index in [2.05, 4.69) is 15.9 Å². The summed E-state index contributed by atoms with van der Waals surface area (Å²) in [5, 5.41) is 0.858. The monoisotopic (exact) mass is 309 g/mol. The number of benzene rings is 1. The highest BCUT2D eigenvalue weighted by atomic mass is 79.9. The van der Waals surface area contributed by atoms with Crippen LogP contribution in [-0.2, 0) is 11.3 Å². The molecule has 0 aromatic heterocycles. The third-order valence-corrected chi connectivity index (χ3v) is 5.07. The molecule has 3 nitrogen and oxygen atoms in total. The summed E-state index contributed by atoms with van der Waals surface area (Å²) in [5.41, 5.74) is 1.07. The van der Waals surface area contributed by atoms with Gasteiger partial charge in [0.1, 0.15) is 6.61 Å². The topological polar surface area (TPSA) is 29.5 Å². The van der Waals surface area contributed by atoms with Crippen LogP contribution in [0.15, 0.2) is 30.3 Å². The smallest absolute Gasteiger partial charge is 0.410 e. The molecule has 2 saturated heterocycles. The van der Waals surface area contributed by atoms with Crippen LogP contribution in [0.3, 0.4) is 0 Å². The molecule has 3 fully saturated rings. The second-order valence-electron chi connectivity index (χ2n) is 5.28. The standard InChI is InChI=1S/C14H16BrNO2/c15-10-14-6-12(7-14)8-16(14)13(17)18-9-11-4-2-1-3-5-11/h1-5,12H,6-10H2. The lowest BCUT2D eigenvalue weighted by atomic mass is 9.75. The Balaban J connectivity index is 1.59. The molecule has 4 rings (SSSR count). The fourth-order valence-corrected chi connectivity index (χ4v) is 3.82. The van der Waals surface area contributed by atoms with Crippen LogP contribution in [0.1, 0.15) is 18.4 Å². The largest absolute Gasteiger partial charge is 0.445 e. The number of carbonyl (C=O) groups is 1. The lowest BCUT2D eigenvalue weighted by Crippen LogP contribution is -2.49. The quantitative estimate of drug-likeness (QED) is 0.803. The third kappa shape index (κ3) is 1.92. The second kappa shape index (κ2) is 4.57. The lowest BCUT2D eigenvalue weighted by molar-refractivity contribution is 0.0696. The van der Waals surface area contributed by atoms with Crippen molar-refractivity contribution in [2.75, 3.05) is 11.9 Å². The highest BCUT2D eigenvalue weighted by molar-refractivity contribution is 9.09. The first kappa shape index (κ1) is 12.0. The van der Waals surface area contributed by atoms with E-state index in [1.165, 1.54) is 0 Å². The molecular formula is C14H16BrNO2. The van der Waals surface area contributed by atoms with Gasteiger partial charge in [-0.15, -0.1) is 0 Å². The molecule has 1 aliphatic carbocycles. The summed E-state index contributed by atoms with van der Waals surface area (Å²) in [6.07, 6.45) is 2.08. The Morgan fingerprint density at radius 1 is 1.39 bits per heavy atom. The third-order valence-electron chi connectivity index (χ3n) is 4.02. The van der Waals surface area contributed by atoms with Crippen molar-refractivity contribution in [2.24, 2.45) is 5.92 Å². The molecule has 4 heteroatoms. The number of alkyl halides is 1. The molecule has 0 unspecified atom stereocenters. The summed E-state index contributed by atoms with van der Waals surface area (Å²) >= 11 is 3.53. The highest BCUT2D eigenvalue weighted by Gasteiger charge is 2.57. The van der Waals surface area contributed by atoms with E-state index in [1.54, 1.807) is 0 Å². The van der Waals surface area contributed by atoms with E-state index in [4.69, 9.17) is 4.74 Å². The predicted octanol–water partition coefficient (Wildman–Crippen LogP) is 3.18.